The lowest BCUT2D eigenvalue weighted by Crippen LogP contribution is -2.24. The fraction of sp³-hybridized carbons (Fsp3) is 0.304. The number of benzene rings is 2. The summed E-state index contributed by atoms with van der Waals surface area (Å²) in [5, 5.41) is 9.72. The molecule has 1 heterocycles. The zero-order chi connectivity index (χ0) is 23.3. The molecule has 9 heteroatoms. The summed E-state index contributed by atoms with van der Waals surface area (Å²) < 4.78 is 49.2. The van der Waals surface area contributed by atoms with Crippen LogP contribution in [0.1, 0.15) is 28.6 Å². The smallest absolute Gasteiger partial charge is 0.416 e. The highest BCUT2D eigenvalue weighted by atomic mass is 32.1. The molecule has 0 radical (unpaired) electrons. The van der Waals surface area contributed by atoms with Gasteiger partial charge in [0, 0.05) is 19.1 Å². The van der Waals surface area contributed by atoms with Gasteiger partial charge in [-0.15, -0.1) is 11.3 Å². The molecule has 2 aromatic carbocycles. The summed E-state index contributed by atoms with van der Waals surface area (Å²) in [6, 6.07) is 12.0. The van der Waals surface area contributed by atoms with Crippen molar-refractivity contribution in [1.29, 1.82) is 0 Å². The third kappa shape index (κ3) is 5.86. The molecule has 1 atom stereocenters. The number of aliphatic carboxylic acids is 1. The zero-order valence-corrected chi connectivity index (χ0v) is 18.3. The van der Waals surface area contributed by atoms with Crippen molar-refractivity contribution in [3.05, 3.63) is 70.2 Å². The molecule has 3 aromatic rings. The third-order valence-electron chi connectivity index (χ3n) is 4.85. The second-order valence-corrected chi connectivity index (χ2v) is 8.10. The lowest BCUT2D eigenvalue weighted by molar-refractivity contribution is -0.148. The molecule has 1 N–H and O–H groups in total. The molecule has 1 aromatic heterocycles. The molecule has 0 saturated heterocycles. The maximum atomic E-state index is 12.8. The standard InChI is InChI=1S/C23H22F3NO4S/c1-3-18-20(32-21(27-18)15-6-8-16(9-7-15)23(24,25)26)13-31-17-10-4-14(5-11-17)12-19(30-2)22(28)29/h4-11,19H,3,12-13H2,1-2H3,(H,28,29). The van der Waals surface area contributed by atoms with Gasteiger partial charge in [-0.3, -0.25) is 0 Å². The van der Waals surface area contributed by atoms with Crippen LogP contribution < -0.4 is 4.74 Å². The van der Waals surface area contributed by atoms with Gasteiger partial charge in [-0.1, -0.05) is 31.2 Å². The van der Waals surface area contributed by atoms with Gasteiger partial charge in [-0.2, -0.15) is 13.2 Å². The van der Waals surface area contributed by atoms with Crippen LogP contribution in [0.5, 0.6) is 5.75 Å². The molecule has 0 saturated carbocycles. The van der Waals surface area contributed by atoms with Gasteiger partial charge in [0.2, 0.25) is 0 Å². The highest BCUT2D eigenvalue weighted by Crippen LogP contribution is 2.33. The highest BCUT2D eigenvalue weighted by molar-refractivity contribution is 7.15. The number of methoxy groups -OCH3 is 1. The van der Waals surface area contributed by atoms with E-state index in [9.17, 15) is 18.0 Å². The second kappa shape index (κ2) is 10.1. The SMILES string of the molecule is CCc1nc(-c2ccc(C(F)(F)F)cc2)sc1COc1ccc(CC(OC)C(=O)O)cc1. The Morgan fingerprint density at radius 3 is 2.31 bits per heavy atom. The number of nitrogens with zero attached hydrogens (tertiary/aromatic N) is 1. The minimum absolute atomic E-state index is 0.247. The summed E-state index contributed by atoms with van der Waals surface area (Å²) in [4.78, 5) is 16.5. The molecule has 0 amide bonds. The number of halogens is 3. The summed E-state index contributed by atoms with van der Waals surface area (Å²) in [5.74, 6) is -0.404. The number of thiazole rings is 1. The number of ether oxygens (including phenoxy) is 2. The Balaban J connectivity index is 1.68. The number of aromatic nitrogens is 1. The van der Waals surface area contributed by atoms with Crippen LogP contribution in [-0.2, 0) is 35.2 Å². The molecule has 0 spiro atoms. The lowest BCUT2D eigenvalue weighted by Gasteiger charge is -2.11. The first-order chi connectivity index (χ1) is 15.2. The van der Waals surface area contributed by atoms with Crippen molar-refractivity contribution in [3.8, 4) is 16.3 Å². The van der Waals surface area contributed by atoms with Crippen molar-refractivity contribution in [2.75, 3.05) is 7.11 Å². The van der Waals surface area contributed by atoms with E-state index >= 15 is 0 Å². The monoisotopic (exact) mass is 465 g/mol. The maximum absolute atomic E-state index is 12.8. The minimum Gasteiger partial charge on any atom is -0.488 e. The van der Waals surface area contributed by atoms with Gasteiger partial charge in [-0.05, 0) is 36.2 Å². The number of carboxylic acids is 1. The first-order valence-electron chi connectivity index (χ1n) is 9.84. The number of carboxylic acid groups (broad SMARTS) is 1. The van der Waals surface area contributed by atoms with Gasteiger partial charge < -0.3 is 14.6 Å². The van der Waals surface area contributed by atoms with Crippen molar-refractivity contribution in [2.24, 2.45) is 0 Å². The Morgan fingerprint density at radius 1 is 1.12 bits per heavy atom. The van der Waals surface area contributed by atoms with E-state index in [-0.39, 0.29) is 13.0 Å². The normalized spacial score (nSPS) is 12.5. The molecule has 3 rings (SSSR count). The van der Waals surface area contributed by atoms with Crippen LogP contribution in [0, 0.1) is 0 Å². The maximum Gasteiger partial charge on any atom is 0.416 e. The Morgan fingerprint density at radius 2 is 1.78 bits per heavy atom. The summed E-state index contributed by atoms with van der Waals surface area (Å²) in [5.41, 5.74) is 1.58. The number of hydrogen-bond acceptors (Lipinski definition) is 5. The second-order valence-electron chi connectivity index (χ2n) is 7.02. The largest absolute Gasteiger partial charge is 0.488 e. The van der Waals surface area contributed by atoms with E-state index in [1.807, 2.05) is 6.92 Å². The average molecular weight is 465 g/mol. The van der Waals surface area contributed by atoms with Crippen molar-refractivity contribution in [1.82, 2.24) is 4.98 Å². The number of carbonyl (C=O) groups is 1. The molecular weight excluding hydrogens is 443 g/mol. The lowest BCUT2D eigenvalue weighted by atomic mass is 10.1. The van der Waals surface area contributed by atoms with Crippen LogP contribution >= 0.6 is 11.3 Å². The van der Waals surface area contributed by atoms with Crippen LogP contribution in [0.25, 0.3) is 10.6 Å². The van der Waals surface area contributed by atoms with E-state index in [1.54, 1.807) is 24.3 Å². The zero-order valence-electron chi connectivity index (χ0n) is 17.5. The first kappa shape index (κ1) is 23.7. The van der Waals surface area contributed by atoms with E-state index in [2.05, 4.69) is 4.98 Å². The fourth-order valence-electron chi connectivity index (χ4n) is 3.05. The Bertz CT molecular complexity index is 1050. The topological polar surface area (TPSA) is 68.7 Å². The Hall–Kier alpha value is -2.91. The fourth-order valence-corrected chi connectivity index (χ4v) is 4.12. The summed E-state index contributed by atoms with van der Waals surface area (Å²) in [6.45, 7) is 2.23. The van der Waals surface area contributed by atoms with Gasteiger partial charge in [0.05, 0.1) is 16.1 Å². The molecule has 0 aliphatic rings. The van der Waals surface area contributed by atoms with Crippen LogP contribution in [0.3, 0.4) is 0 Å². The predicted octanol–water partition coefficient (Wildman–Crippen LogP) is 5.61. The molecule has 0 aliphatic heterocycles. The highest BCUT2D eigenvalue weighted by Gasteiger charge is 2.30. The first-order valence-corrected chi connectivity index (χ1v) is 10.7. The van der Waals surface area contributed by atoms with Crippen LogP contribution in [-0.4, -0.2) is 29.3 Å². The number of alkyl halides is 3. The average Bonchev–Trinajstić information content (AvgIpc) is 3.19. The Labute approximate surface area is 187 Å². The van der Waals surface area contributed by atoms with Gasteiger partial charge in [-0.25, -0.2) is 9.78 Å². The molecule has 0 fully saturated rings. The minimum atomic E-state index is -4.37. The van der Waals surface area contributed by atoms with Crippen LogP contribution in [0.4, 0.5) is 13.2 Å². The molecule has 1 unspecified atom stereocenters. The number of hydrogen-bond donors (Lipinski definition) is 1. The van der Waals surface area contributed by atoms with E-state index in [0.29, 0.717) is 22.7 Å². The van der Waals surface area contributed by atoms with Gasteiger partial charge in [0.15, 0.2) is 6.10 Å². The van der Waals surface area contributed by atoms with Gasteiger partial charge in [0.1, 0.15) is 17.4 Å². The summed E-state index contributed by atoms with van der Waals surface area (Å²) in [7, 11) is 1.36. The summed E-state index contributed by atoms with van der Waals surface area (Å²) >= 11 is 1.39. The molecule has 0 aliphatic carbocycles. The van der Waals surface area contributed by atoms with E-state index in [0.717, 1.165) is 28.3 Å². The number of rotatable bonds is 9. The third-order valence-corrected chi connectivity index (χ3v) is 5.97. The van der Waals surface area contributed by atoms with Gasteiger partial charge >= 0.3 is 12.1 Å². The molecule has 170 valence electrons. The Kier molecular flexibility index (Phi) is 7.52. The predicted molar refractivity (Wildman–Crippen MR) is 115 cm³/mol. The van der Waals surface area contributed by atoms with Crippen molar-refractivity contribution in [3.63, 3.8) is 0 Å². The number of aryl methyl sites for hydroxylation is 1. The molecule has 32 heavy (non-hydrogen) atoms. The van der Waals surface area contributed by atoms with Crippen molar-refractivity contribution >= 4 is 17.3 Å². The quantitative estimate of drug-likeness (QED) is 0.445. The van der Waals surface area contributed by atoms with E-state index < -0.39 is 23.8 Å². The van der Waals surface area contributed by atoms with Crippen molar-refractivity contribution in [2.45, 2.75) is 38.7 Å². The van der Waals surface area contributed by atoms with E-state index in [1.165, 1.54) is 30.6 Å². The summed E-state index contributed by atoms with van der Waals surface area (Å²) in [6.07, 6.45) is -4.36. The van der Waals surface area contributed by atoms with Crippen LogP contribution in [0.2, 0.25) is 0 Å². The van der Waals surface area contributed by atoms with Gasteiger partial charge in [0.25, 0.3) is 0 Å². The molecular formula is C23H22F3NO4S. The molecule has 5 nitrogen and oxygen atoms in total. The molecule has 0 bridgehead atoms. The van der Waals surface area contributed by atoms with Crippen molar-refractivity contribution < 1.29 is 32.5 Å². The van der Waals surface area contributed by atoms with E-state index in [4.69, 9.17) is 14.6 Å². The van der Waals surface area contributed by atoms with Crippen LogP contribution in [0.15, 0.2) is 48.5 Å².